The van der Waals surface area contributed by atoms with Crippen LogP contribution in [0.1, 0.15) is 39.5 Å². The molecule has 0 aromatic heterocycles. The van der Waals surface area contributed by atoms with Gasteiger partial charge in [-0.2, -0.15) is 0 Å². The van der Waals surface area contributed by atoms with E-state index in [4.69, 9.17) is 0 Å². The molecule has 1 N–H and O–H groups in total. The summed E-state index contributed by atoms with van der Waals surface area (Å²) in [7, 11) is 4.55. The van der Waals surface area contributed by atoms with Crippen LogP contribution in [0.25, 0.3) is 0 Å². The lowest BCUT2D eigenvalue weighted by Crippen LogP contribution is -2.40. The number of hydrogen-bond acceptors (Lipinski definition) is 3. The molecule has 0 radical (unpaired) electrons. The Morgan fingerprint density at radius 1 is 1.47 bits per heavy atom. The third kappa shape index (κ3) is 5.36. The van der Waals surface area contributed by atoms with Crippen LogP contribution < -0.4 is 5.32 Å². The van der Waals surface area contributed by atoms with Crippen LogP contribution in [0.4, 0.5) is 0 Å². The van der Waals surface area contributed by atoms with Gasteiger partial charge in [-0.1, -0.05) is 6.92 Å². The van der Waals surface area contributed by atoms with Crippen molar-refractivity contribution in [3.8, 4) is 0 Å². The van der Waals surface area contributed by atoms with Gasteiger partial charge in [-0.05, 0) is 66.3 Å². The van der Waals surface area contributed by atoms with Crippen LogP contribution in [0, 0.1) is 0 Å². The fraction of sp³-hybridized carbons (Fsp3) is 1.00. The minimum Gasteiger partial charge on any atom is -0.317 e. The number of nitrogens with one attached hydrogen (secondary N) is 1. The fourth-order valence-corrected chi connectivity index (χ4v) is 2.64. The molecule has 1 fully saturated rings. The summed E-state index contributed by atoms with van der Waals surface area (Å²) in [6.07, 6.45) is 5.36. The van der Waals surface area contributed by atoms with Crippen molar-refractivity contribution in [3.63, 3.8) is 0 Å². The Morgan fingerprint density at radius 2 is 2.24 bits per heavy atom. The molecule has 3 nitrogen and oxygen atoms in total. The Morgan fingerprint density at radius 3 is 2.82 bits per heavy atom. The van der Waals surface area contributed by atoms with Crippen LogP contribution in [0.2, 0.25) is 0 Å². The highest BCUT2D eigenvalue weighted by molar-refractivity contribution is 4.80. The molecule has 2 atom stereocenters. The lowest BCUT2D eigenvalue weighted by Gasteiger charge is -2.30. The first-order valence-corrected chi connectivity index (χ1v) is 7.26. The van der Waals surface area contributed by atoms with Crippen molar-refractivity contribution >= 4 is 0 Å². The molecule has 0 saturated carbocycles. The van der Waals surface area contributed by atoms with E-state index in [2.05, 4.69) is 43.1 Å². The molecule has 1 rings (SSSR count). The standard InChI is InChI=1S/C14H31N3/c1-5-15-10-6-8-13(2)17(4)12-14-9-7-11-16(14)3/h13-15H,5-12H2,1-4H3. The molecule has 0 aliphatic carbocycles. The largest absolute Gasteiger partial charge is 0.317 e. The van der Waals surface area contributed by atoms with E-state index in [1.165, 1.54) is 38.8 Å². The number of likely N-dealkylation sites (tertiary alicyclic amines) is 1. The van der Waals surface area contributed by atoms with Gasteiger partial charge in [0.05, 0.1) is 0 Å². The lowest BCUT2D eigenvalue weighted by molar-refractivity contribution is 0.177. The van der Waals surface area contributed by atoms with Gasteiger partial charge in [0.1, 0.15) is 0 Å². The molecule has 17 heavy (non-hydrogen) atoms. The van der Waals surface area contributed by atoms with Crippen molar-refractivity contribution in [1.82, 2.24) is 15.1 Å². The Hall–Kier alpha value is -0.120. The van der Waals surface area contributed by atoms with E-state index in [-0.39, 0.29) is 0 Å². The van der Waals surface area contributed by atoms with Gasteiger partial charge in [0.15, 0.2) is 0 Å². The van der Waals surface area contributed by atoms with Gasteiger partial charge < -0.3 is 15.1 Å². The van der Waals surface area contributed by atoms with Crippen LogP contribution in [-0.4, -0.2) is 62.2 Å². The molecular formula is C14H31N3. The Kier molecular flexibility index (Phi) is 7.09. The highest BCUT2D eigenvalue weighted by Gasteiger charge is 2.23. The number of hydrogen-bond donors (Lipinski definition) is 1. The highest BCUT2D eigenvalue weighted by Crippen LogP contribution is 2.17. The molecule has 2 unspecified atom stereocenters. The molecule has 102 valence electrons. The van der Waals surface area contributed by atoms with E-state index in [1.807, 2.05) is 0 Å². The summed E-state index contributed by atoms with van der Waals surface area (Å²) in [4.78, 5) is 5.06. The second-order valence-corrected chi connectivity index (χ2v) is 5.56. The zero-order valence-electron chi connectivity index (χ0n) is 12.2. The molecule has 0 amide bonds. The van der Waals surface area contributed by atoms with Crippen LogP contribution in [0.3, 0.4) is 0 Å². The third-order valence-corrected chi connectivity index (χ3v) is 4.15. The summed E-state index contributed by atoms with van der Waals surface area (Å²) in [5.74, 6) is 0. The average Bonchev–Trinajstić information content (AvgIpc) is 2.70. The average molecular weight is 241 g/mol. The predicted molar refractivity (Wildman–Crippen MR) is 75.5 cm³/mol. The summed E-state index contributed by atoms with van der Waals surface area (Å²) >= 11 is 0. The van der Waals surface area contributed by atoms with Crippen LogP contribution >= 0.6 is 0 Å². The van der Waals surface area contributed by atoms with Crippen molar-refractivity contribution in [1.29, 1.82) is 0 Å². The van der Waals surface area contributed by atoms with E-state index in [9.17, 15) is 0 Å². The molecule has 0 aromatic carbocycles. The number of nitrogens with zero attached hydrogens (tertiary/aromatic N) is 2. The molecule has 1 saturated heterocycles. The molecule has 1 aliphatic rings. The van der Waals surface area contributed by atoms with E-state index >= 15 is 0 Å². The predicted octanol–water partition coefficient (Wildman–Crippen LogP) is 1.79. The van der Waals surface area contributed by atoms with Crippen molar-refractivity contribution < 1.29 is 0 Å². The van der Waals surface area contributed by atoms with Crippen molar-refractivity contribution in [3.05, 3.63) is 0 Å². The second-order valence-electron chi connectivity index (χ2n) is 5.56. The highest BCUT2D eigenvalue weighted by atomic mass is 15.2. The van der Waals surface area contributed by atoms with Crippen LogP contribution in [0.5, 0.6) is 0 Å². The maximum Gasteiger partial charge on any atom is 0.0220 e. The maximum atomic E-state index is 3.40. The summed E-state index contributed by atoms with van der Waals surface area (Å²) in [6.45, 7) is 9.31. The molecule has 0 spiro atoms. The van der Waals surface area contributed by atoms with E-state index < -0.39 is 0 Å². The minimum atomic E-state index is 0.711. The fourth-order valence-electron chi connectivity index (χ4n) is 2.64. The Labute approximate surface area is 108 Å². The first-order valence-electron chi connectivity index (χ1n) is 7.26. The number of likely N-dealkylation sites (N-methyl/N-ethyl adjacent to an activating group) is 2. The zero-order chi connectivity index (χ0) is 12.7. The smallest absolute Gasteiger partial charge is 0.0220 e. The van der Waals surface area contributed by atoms with Gasteiger partial charge in [-0.3, -0.25) is 0 Å². The van der Waals surface area contributed by atoms with Crippen LogP contribution in [-0.2, 0) is 0 Å². The molecule has 1 aliphatic heterocycles. The normalized spacial score (nSPS) is 23.5. The SMILES string of the molecule is CCNCCCC(C)N(C)CC1CCCN1C. The molecular weight excluding hydrogens is 210 g/mol. The van der Waals surface area contributed by atoms with Gasteiger partial charge >= 0.3 is 0 Å². The molecule has 3 heteroatoms. The van der Waals surface area contributed by atoms with Crippen LogP contribution in [0.15, 0.2) is 0 Å². The van der Waals surface area contributed by atoms with Gasteiger partial charge in [0.2, 0.25) is 0 Å². The van der Waals surface area contributed by atoms with E-state index in [1.54, 1.807) is 0 Å². The molecule has 0 aromatic rings. The summed E-state index contributed by atoms with van der Waals surface area (Å²) in [5.41, 5.74) is 0. The Bertz CT molecular complexity index is 196. The summed E-state index contributed by atoms with van der Waals surface area (Å²) in [5, 5.41) is 3.40. The van der Waals surface area contributed by atoms with Crippen molar-refractivity contribution in [2.75, 3.05) is 40.3 Å². The third-order valence-electron chi connectivity index (χ3n) is 4.15. The van der Waals surface area contributed by atoms with E-state index in [0.29, 0.717) is 6.04 Å². The molecule has 0 bridgehead atoms. The molecule has 1 heterocycles. The first-order chi connectivity index (χ1) is 8.15. The van der Waals surface area contributed by atoms with Gasteiger partial charge in [0, 0.05) is 18.6 Å². The quantitative estimate of drug-likeness (QED) is 0.654. The second kappa shape index (κ2) is 8.06. The monoisotopic (exact) mass is 241 g/mol. The van der Waals surface area contributed by atoms with Crippen molar-refractivity contribution in [2.45, 2.75) is 51.6 Å². The van der Waals surface area contributed by atoms with Gasteiger partial charge in [-0.15, -0.1) is 0 Å². The lowest BCUT2D eigenvalue weighted by atomic mass is 10.1. The first kappa shape index (κ1) is 14.9. The van der Waals surface area contributed by atoms with Gasteiger partial charge in [0.25, 0.3) is 0 Å². The summed E-state index contributed by atoms with van der Waals surface area (Å²) < 4.78 is 0. The zero-order valence-corrected chi connectivity index (χ0v) is 12.2. The topological polar surface area (TPSA) is 18.5 Å². The van der Waals surface area contributed by atoms with E-state index in [0.717, 1.165) is 19.1 Å². The summed E-state index contributed by atoms with van der Waals surface area (Å²) in [6, 6.07) is 1.50. The Balaban J connectivity index is 2.15. The minimum absolute atomic E-state index is 0.711. The van der Waals surface area contributed by atoms with Gasteiger partial charge in [-0.25, -0.2) is 0 Å². The van der Waals surface area contributed by atoms with Crippen molar-refractivity contribution in [2.24, 2.45) is 0 Å². The number of rotatable bonds is 8. The maximum absolute atomic E-state index is 3.40.